The highest BCUT2D eigenvalue weighted by Crippen LogP contribution is 2.26. The summed E-state index contributed by atoms with van der Waals surface area (Å²) >= 11 is 11.9. The van der Waals surface area contributed by atoms with E-state index in [2.05, 4.69) is 10.1 Å². The molecule has 2 heterocycles. The maximum Gasteiger partial charge on any atom is 0.416 e. The molecular weight excluding hydrogens is 522 g/mol. The first-order valence-electron chi connectivity index (χ1n) is 10.6. The van der Waals surface area contributed by atoms with Gasteiger partial charge in [0, 0.05) is 16.2 Å². The van der Waals surface area contributed by atoms with Crippen molar-refractivity contribution in [3.05, 3.63) is 86.9 Å². The van der Waals surface area contributed by atoms with Gasteiger partial charge in [-0.05, 0) is 48.9 Å². The fourth-order valence-corrected chi connectivity index (χ4v) is 3.78. The highest BCUT2D eigenvalue weighted by Gasteiger charge is 2.39. The SMILES string of the molecule is C[C@H](O)c1nc(Cn2cc(-c3ccc(Cl)cc3)n(CC(O)C(F)(F)F)c2=O)n(-c2ccc(Cl)cc2)n1. The average molecular weight is 542 g/mol. The number of aliphatic hydroxyl groups is 2. The molecule has 0 radical (unpaired) electrons. The van der Waals surface area contributed by atoms with Crippen LogP contribution in [0.2, 0.25) is 10.0 Å². The Bertz CT molecular complexity index is 1410. The number of rotatable bonds is 7. The Hall–Kier alpha value is -3.12. The van der Waals surface area contributed by atoms with Crippen LogP contribution in [0.15, 0.2) is 59.5 Å². The van der Waals surface area contributed by atoms with Gasteiger partial charge in [-0.2, -0.15) is 13.2 Å². The molecule has 0 fully saturated rings. The van der Waals surface area contributed by atoms with Gasteiger partial charge in [-0.1, -0.05) is 35.3 Å². The Morgan fingerprint density at radius 3 is 2.14 bits per heavy atom. The molecule has 0 aliphatic rings. The van der Waals surface area contributed by atoms with Crippen molar-refractivity contribution in [3.8, 4) is 16.9 Å². The largest absolute Gasteiger partial charge is 0.416 e. The summed E-state index contributed by atoms with van der Waals surface area (Å²) in [4.78, 5) is 17.5. The lowest BCUT2D eigenvalue weighted by Gasteiger charge is -2.16. The van der Waals surface area contributed by atoms with E-state index in [1.165, 1.54) is 29.9 Å². The van der Waals surface area contributed by atoms with E-state index in [1.807, 2.05) is 0 Å². The zero-order valence-electron chi connectivity index (χ0n) is 18.7. The van der Waals surface area contributed by atoms with E-state index in [4.69, 9.17) is 23.2 Å². The van der Waals surface area contributed by atoms with Crippen molar-refractivity contribution in [2.24, 2.45) is 0 Å². The molecule has 0 saturated heterocycles. The second kappa shape index (κ2) is 10.1. The molecule has 2 aromatic heterocycles. The van der Waals surface area contributed by atoms with Gasteiger partial charge in [0.1, 0.15) is 6.10 Å². The van der Waals surface area contributed by atoms with E-state index >= 15 is 0 Å². The van der Waals surface area contributed by atoms with E-state index in [1.54, 1.807) is 36.4 Å². The lowest BCUT2D eigenvalue weighted by Crippen LogP contribution is -2.37. The van der Waals surface area contributed by atoms with Crippen LogP contribution in [0.4, 0.5) is 13.2 Å². The number of imidazole rings is 1. The molecule has 4 aromatic rings. The van der Waals surface area contributed by atoms with Gasteiger partial charge in [-0.3, -0.25) is 9.13 Å². The molecule has 2 atom stereocenters. The number of hydrogen-bond donors (Lipinski definition) is 2. The normalized spacial score (nSPS) is 13.7. The smallest absolute Gasteiger partial charge is 0.385 e. The summed E-state index contributed by atoms with van der Waals surface area (Å²) in [5.74, 6) is 0.337. The summed E-state index contributed by atoms with van der Waals surface area (Å²) in [6, 6.07) is 12.8. The molecule has 2 N–H and O–H groups in total. The molecule has 0 aliphatic heterocycles. The quantitative estimate of drug-likeness (QED) is 0.365. The maximum atomic E-state index is 13.2. The molecule has 0 bridgehead atoms. The fraction of sp³-hybridized carbons (Fsp3) is 0.261. The van der Waals surface area contributed by atoms with Crippen LogP contribution in [0.25, 0.3) is 16.9 Å². The first kappa shape index (κ1) is 26.0. The molecule has 8 nitrogen and oxygen atoms in total. The summed E-state index contributed by atoms with van der Waals surface area (Å²) in [6.45, 7) is 0.290. The van der Waals surface area contributed by atoms with Crippen LogP contribution in [0, 0.1) is 0 Å². The van der Waals surface area contributed by atoms with Gasteiger partial charge in [0.15, 0.2) is 17.8 Å². The first-order chi connectivity index (χ1) is 16.9. The number of aromatic nitrogens is 5. The maximum absolute atomic E-state index is 13.2. The van der Waals surface area contributed by atoms with Crippen molar-refractivity contribution in [3.63, 3.8) is 0 Å². The minimum atomic E-state index is -4.92. The van der Waals surface area contributed by atoms with Crippen molar-refractivity contribution >= 4 is 23.2 Å². The number of alkyl halides is 3. The number of benzene rings is 2. The van der Waals surface area contributed by atoms with Gasteiger partial charge in [0.05, 0.1) is 24.5 Å². The van der Waals surface area contributed by atoms with Crippen molar-refractivity contribution < 1.29 is 23.4 Å². The Morgan fingerprint density at radius 1 is 1.00 bits per heavy atom. The second-order valence-electron chi connectivity index (χ2n) is 8.05. The monoisotopic (exact) mass is 541 g/mol. The van der Waals surface area contributed by atoms with Crippen molar-refractivity contribution in [2.75, 3.05) is 0 Å². The Labute approximate surface area is 212 Å². The Kier molecular flexibility index (Phi) is 7.28. The zero-order chi connectivity index (χ0) is 26.2. The minimum Gasteiger partial charge on any atom is -0.385 e. The molecule has 13 heteroatoms. The molecule has 2 aromatic carbocycles. The molecule has 0 aliphatic carbocycles. The highest BCUT2D eigenvalue weighted by atomic mass is 35.5. The van der Waals surface area contributed by atoms with Gasteiger partial charge in [0.2, 0.25) is 0 Å². The molecule has 0 saturated carbocycles. The first-order valence-corrected chi connectivity index (χ1v) is 11.4. The van der Waals surface area contributed by atoms with Gasteiger partial charge in [-0.25, -0.2) is 14.5 Å². The van der Waals surface area contributed by atoms with Crippen LogP contribution in [0.1, 0.15) is 24.7 Å². The summed E-state index contributed by atoms with van der Waals surface area (Å²) in [7, 11) is 0. The third-order valence-corrected chi connectivity index (χ3v) is 5.87. The summed E-state index contributed by atoms with van der Waals surface area (Å²) in [6.07, 6.45) is -7.31. The molecular formula is C23H20Cl2F3N5O3. The summed E-state index contributed by atoms with van der Waals surface area (Å²) < 4.78 is 42.8. The Morgan fingerprint density at radius 2 is 1.58 bits per heavy atom. The van der Waals surface area contributed by atoms with Gasteiger partial charge >= 0.3 is 11.9 Å². The van der Waals surface area contributed by atoms with Crippen molar-refractivity contribution in [1.29, 1.82) is 0 Å². The van der Waals surface area contributed by atoms with Crippen LogP contribution in [-0.4, -0.2) is 46.4 Å². The third-order valence-electron chi connectivity index (χ3n) is 5.37. The van der Waals surface area contributed by atoms with Crippen LogP contribution in [-0.2, 0) is 13.1 Å². The molecule has 0 amide bonds. The number of hydrogen-bond acceptors (Lipinski definition) is 5. The zero-order valence-corrected chi connectivity index (χ0v) is 20.2. The van der Waals surface area contributed by atoms with Crippen LogP contribution in [0.5, 0.6) is 0 Å². The van der Waals surface area contributed by atoms with Crippen LogP contribution >= 0.6 is 23.2 Å². The van der Waals surface area contributed by atoms with Gasteiger partial charge < -0.3 is 10.2 Å². The lowest BCUT2D eigenvalue weighted by molar-refractivity contribution is -0.207. The number of nitrogens with zero attached hydrogens (tertiary/aromatic N) is 5. The fourth-order valence-electron chi connectivity index (χ4n) is 3.53. The van der Waals surface area contributed by atoms with E-state index in [0.717, 1.165) is 9.13 Å². The van der Waals surface area contributed by atoms with Gasteiger partial charge in [-0.15, -0.1) is 5.10 Å². The highest BCUT2D eigenvalue weighted by molar-refractivity contribution is 6.30. The number of halogens is 5. The van der Waals surface area contributed by atoms with Gasteiger partial charge in [0.25, 0.3) is 0 Å². The summed E-state index contributed by atoms with van der Waals surface area (Å²) in [5, 5.41) is 24.9. The van der Waals surface area contributed by atoms with Crippen molar-refractivity contribution in [2.45, 2.75) is 38.4 Å². The van der Waals surface area contributed by atoms with E-state index < -0.39 is 30.6 Å². The van der Waals surface area contributed by atoms with Crippen LogP contribution < -0.4 is 5.69 Å². The lowest BCUT2D eigenvalue weighted by atomic mass is 10.1. The Balaban J connectivity index is 1.81. The molecule has 0 spiro atoms. The molecule has 190 valence electrons. The predicted octanol–water partition coefficient (Wildman–Crippen LogP) is 4.23. The summed E-state index contributed by atoms with van der Waals surface area (Å²) in [5.41, 5.74) is 0.320. The van der Waals surface area contributed by atoms with E-state index in [-0.39, 0.29) is 23.9 Å². The number of aliphatic hydroxyl groups excluding tert-OH is 2. The topological polar surface area (TPSA) is 98.1 Å². The predicted molar refractivity (Wildman–Crippen MR) is 127 cm³/mol. The van der Waals surface area contributed by atoms with E-state index in [9.17, 15) is 28.2 Å². The van der Waals surface area contributed by atoms with E-state index in [0.29, 0.717) is 21.3 Å². The molecule has 1 unspecified atom stereocenters. The average Bonchev–Trinajstić information content (AvgIpc) is 3.37. The van der Waals surface area contributed by atoms with Crippen LogP contribution in [0.3, 0.4) is 0 Å². The standard InChI is InChI=1S/C23H20Cl2F3N5O3/c1-13(34)21-29-20(33(30-21)17-8-6-16(25)7-9-17)12-31-10-18(14-2-4-15(24)5-3-14)32(22(31)36)11-19(35)23(26,27)28/h2-10,13,19,34-35H,11-12H2,1H3/t13-,19?/m0/s1. The minimum absolute atomic E-state index is 0.0952. The van der Waals surface area contributed by atoms with Crippen molar-refractivity contribution in [1.82, 2.24) is 23.9 Å². The second-order valence-corrected chi connectivity index (χ2v) is 8.92. The molecule has 4 rings (SSSR count). The molecule has 36 heavy (non-hydrogen) atoms. The third kappa shape index (κ3) is 5.49.